The first-order valence-corrected chi connectivity index (χ1v) is 9.65. The standard InChI is InChI=1S/C22H23N3O6/c1-14(26)23-16-7-9-17(10-8-16)24-20(27)13-31-22(29)15-11-21(28)25(12-15)18-5-3-4-6-19(18)30-2/h3-10,15H,11-13H2,1-2H3,(H,23,26)(H,24,27)/t15-/m1/s1. The van der Waals surface area contributed by atoms with Crippen LogP contribution < -0.4 is 20.3 Å². The number of methoxy groups -OCH3 is 1. The van der Waals surface area contributed by atoms with Gasteiger partial charge in [0.2, 0.25) is 11.8 Å². The van der Waals surface area contributed by atoms with Crippen LogP contribution in [-0.4, -0.2) is 44.0 Å². The molecule has 1 heterocycles. The Morgan fingerprint density at radius 1 is 1.03 bits per heavy atom. The molecule has 0 saturated carbocycles. The average Bonchev–Trinajstić information content (AvgIpc) is 3.14. The number of carbonyl (C=O) groups excluding carboxylic acids is 4. The maximum atomic E-state index is 12.4. The van der Waals surface area contributed by atoms with Crippen LogP contribution in [0.1, 0.15) is 13.3 Å². The van der Waals surface area contributed by atoms with Gasteiger partial charge in [-0.15, -0.1) is 0 Å². The molecule has 9 heteroatoms. The van der Waals surface area contributed by atoms with E-state index in [2.05, 4.69) is 10.6 Å². The fraction of sp³-hybridized carbons (Fsp3) is 0.273. The Labute approximate surface area is 179 Å². The van der Waals surface area contributed by atoms with Gasteiger partial charge in [0.25, 0.3) is 5.91 Å². The van der Waals surface area contributed by atoms with E-state index in [4.69, 9.17) is 9.47 Å². The molecule has 1 atom stereocenters. The number of carbonyl (C=O) groups is 4. The number of benzene rings is 2. The fourth-order valence-electron chi connectivity index (χ4n) is 3.24. The maximum Gasteiger partial charge on any atom is 0.311 e. The molecule has 162 valence electrons. The minimum atomic E-state index is -0.665. The van der Waals surface area contributed by atoms with Crippen molar-refractivity contribution < 1.29 is 28.7 Å². The van der Waals surface area contributed by atoms with Crippen LogP contribution in [0.3, 0.4) is 0 Å². The van der Waals surface area contributed by atoms with Crippen molar-refractivity contribution in [2.75, 3.05) is 35.8 Å². The summed E-state index contributed by atoms with van der Waals surface area (Å²) in [5.41, 5.74) is 1.68. The zero-order valence-corrected chi connectivity index (χ0v) is 17.2. The van der Waals surface area contributed by atoms with Crippen LogP contribution in [0.4, 0.5) is 17.1 Å². The number of hydrogen-bond acceptors (Lipinski definition) is 6. The minimum Gasteiger partial charge on any atom is -0.495 e. The van der Waals surface area contributed by atoms with E-state index in [0.717, 1.165) is 0 Å². The van der Waals surface area contributed by atoms with Crippen LogP contribution in [0.5, 0.6) is 5.75 Å². The lowest BCUT2D eigenvalue weighted by molar-refractivity contribution is -0.151. The maximum absolute atomic E-state index is 12.4. The van der Waals surface area contributed by atoms with Crippen LogP contribution in [0, 0.1) is 5.92 Å². The summed E-state index contributed by atoms with van der Waals surface area (Å²) >= 11 is 0. The normalized spacial score (nSPS) is 15.4. The van der Waals surface area contributed by atoms with Gasteiger partial charge in [0, 0.05) is 31.3 Å². The molecular formula is C22H23N3O6. The largest absolute Gasteiger partial charge is 0.495 e. The highest BCUT2D eigenvalue weighted by molar-refractivity contribution is 6.01. The molecule has 1 aliphatic rings. The number of nitrogens with one attached hydrogen (secondary N) is 2. The van der Waals surface area contributed by atoms with Gasteiger partial charge in [-0.25, -0.2) is 0 Å². The van der Waals surface area contributed by atoms with Gasteiger partial charge in [0.15, 0.2) is 6.61 Å². The third-order valence-corrected chi connectivity index (χ3v) is 4.67. The van der Waals surface area contributed by atoms with E-state index in [9.17, 15) is 19.2 Å². The van der Waals surface area contributed by atoms with Gasteiger partial charge in [-0.2, -0.15) is 0 Å². The van der Waals surface area contributed by atoms with Crippen molar-refractivity contribution in [3.8, 4) is 5.75 Å². The van der Waals surface area contributed by atoms with E-state index in [1.807, 2.05) is 0 Å². The lowest BCUT2D eigenvalue weighted by Crippen LogP contribution is -2.28. The number of anilines is 3. The molecule has 9 nitrogen and oxygen atoms in total. The van der Waals surface area contributed by atoms with Crippen molar-refractivity contribution >= 4 is 40.8 Å². The van der Waals surface area contributed by atoms with Crippen LogP contribution in [0.2, 0.25) is 0 Å². The summed E-state index contributed by atoms with van der Waals surface area (Å²) in [5, 5.41) is 5.23. The van der Waals surface area contributed by atoms with E-state index >= 15 is 0 Å². The third-order valence-electron chi connectivity index (χ3n) is 4.67. The van der Waals surface area contributed by atoms with Crippen molar-refractivity contribution in [3.05, 3.63) is 48.5 Å². The Morgan fingerprint density at radius 3 is 2.32 bits per heavy atom. The second kappa shape index (κ2) is 9.75. The molecule has 0 bridgehead atoms. The molecule has 0 spiro atoms. The summed E-state index contributed by atoms with van der Waals surface area (Å²) < 4.78 is 10.4. The summed E-state index contributed by atoms with van der Waals surface area (Å²) in [4.78, 5) is 49.4. The first-order chi connectivity index (χ1) is 14.9. The first-order valence-electron chi connectivity index (χ1n) is 9.65. The average molecular weight is 425 g/mol. The zero-order valence-electron chi connectivity index (χ0n) is 17.2. The molecule has 3 amide bonds. The number of rotatable bonds is 7. The van der Waals surface area contributed by atoms with Gasteiger partial charge < -0.3 is 25.0 Å². The van der Waals surface area contributed by atoms with Crippen LogP contribution in [0.15, 0.2) is 48.5 Å². The van der Waals surface area contributed by atoms with Gasteiger partial charge in [0.1, 0.15) is 5.75 Å². The van der Waals surface area contributed by atoms with Crippen molar-refractivity contribution in [2.45, 2.75) is 13.3 Å². The lowest BCUT2D eigenvalue weighted by atomic mass is 10.1. The number of ether oxygens (including phenoxy) is 2. The summed E-state index contributed by atoms with van der Waals surface area (Å²) in [5.74, 6) is -1.65. The molecule has 2 aromatic carbocycles. The highest BCUT2D eigenvalue weighted by Crippen LogP contribution is 2.33. The minimum absolute atomic E-state index is 0.00309. The molecule has 2 aromatic rings. The molecule has 31 heavy (non-hydrogen) atoms. The van der Waals surface area contributed by atoms with Gasteiger partial charge in [-0.05, 0) is 36.4 Å². The predicted octanol–water partition coefficient (Wildman–Crippen LogP) is 2.19. The molecular weight excluding hydrogens is 402 g/mol. The van der Waals surface area contributed by atoms with Gasteiger partial charge in [-0.1, -0.05) is 12.1 Å². The molecule has 1 saturated heterocycles. The topological polar surface area (TPSA) is 114 Å². The molecule has 1 aliphatic heterocycles. The molecule has 1 fully saturated rings. The lowest BCUT2D eigenvalue weighted by Gasteiger charge is -2.19. The predicted molar refractivity (Wildman–Crippen MR) is 114 cm³/mol. The number of nitrogens with zero attached hydrogens (tertiary/aromatic N) is 1. The SMILES string of the molecule is COc1ccccc1N1C[C@H](C(=O)OCC(=O)Nc2ccc(NC(C)=O)cc2)CC1=O. The Morgan fingerprint density at radius 2 is 1.68 bits per heavy atom. The molecule has 0 aromatic heterocycles. The second-order valence-corrected chi connectivity index (χ2v) is 6.99. The summed E-state index contributed by atoms with van der Waals surface area (Å²) in [6.07, 6.45) is 0.00309. The Bertz CT molecular complexity index is 989. The van der Waals surface area contributed by atoms with E-state index < -0.39 is 24.4 Å². The number of para-hydroxylation sites is 2. The molecule has 0 radical (unpaired) electrons. The van der Waals surface area contributed by atoms with Crippen LogP contribution in [0.25, 0.3) is 0 Å². The van der Waals surface area contributed by atoms with E-state index in [-0.39, 0.29) is 24.8 Å². The number of hydrogen-bond donors (Lipinski definition) is 2. The van der Waals surface area contributed by atoms with Gasteiger partial charge >= 0.3 is 5.97 Å². The van der Waals surface area contributed by atoms with Crippen LogP contribution in [-0.2, 0) is 23.9 Å². The number of amides is 3. The fourth-order valence-corrected chi connectivity index (χ4v) is 3.24. The summed E-state index contributed by atoms with van der Waals surface area (Å²) in [6, 6.07) is 13.6. The van der Waals surface area contributed by atoms with Crippen molar-refractivity contribution in [2.24, 2.45) is 5.92 Å². The molecule has 2 N–H and O–H groups in total. The van der Waals surface area contributed by atoms with E-state index in [1.54, 1.807) is 48.5 Å². The van der Waals surface area contributed by atoms with Crippen molar-refractivity contribution in [1.29, 1.82) is 0 Å². The molecule has 0 aliphatic carbocycles. The van der Waals surface area contributed by atoms with Gasteiger partial charge in [-0.3, -0.25) is 19.2 Å². The highest BCUT2D eigenvalue weighted by atomic mass is 16.5. The first kappa shape index (κ1) is 21.8. The number of esters is 1. The third kappa shape index (κ3) is 5.59. The monoisotopic (exact) mass is 425 g/mol. The quantitative estimate of drug-likeness (QED) is 0.658. The second-order valence-electron chi connectivity index (χ2n) is 6.99. The molecule has 0 unspecified atom stereocenters. The van der Waals surface area contributed by atoms with E-state index in [1.165, 1.54) is 18.9 Å². The van der Waals surface area contributed by atoms with E-state index in [0.29, 0.717) is 22.8 Å². The van der Waals surface area contributed by atoms with Crippen LogP contribution >= 0.6 is 0 Å². The Kier molecular flexibility index (Phi) is 6.86. The van der Waals surface area contributed by atoms with Gasteiger partial charge in [0.05, 0.1) is 18.7 Å². The summed E-state index contributed by atoms with van der Waals surface area (Å²) in [7, 11) is 1.51. The smallest absolute Gasteiger partial charge is 0.311 e. The molecule has 3 rings (SSSR count). The highest BCUT2D eigenvalue weighted by Gasteiger charge is 2.37. The zero-order chi connectivity index (χ0) is 22.4. The van der Waals surface area contributed by atoms with Crippen molar-refractivity contribution in [3.63, 3.8) is 0 Å². The summed E-state index contributed by atoms with van der Waals surface area (Å²) in [6.45, 7) is 1.09. The van der Waals surface area contributed by atoms with Crippen molar-refractivity contribution in [1.82, 2.24) is 0 Å². The Balaban J connectivity index is 1.51. The Hall–Kier alpha value is -3.88.